The number of pyridine rings is 1. The van der Waals surface area contributed by atoms with Gasteiger partial charge >= 0.3 is 0 Å². The van der Waals surface area contributed by atoms with Gasteiger partial charge in [0.25, 0.3) is 0 Å². The number of rotatable bonds is 3. The molecular weight excluding hydrogens is 319 g/mol. The highest BCUT2D eigenvalue weighted by molar-refractivity contribution is 5.65. The summed E-state index contributed by atoms with van der Waals surface area (Å²) in [7, 11) is 0. The van der Waals surface area contributed by atoms with Crippen LogP contribution in [0.25, 0.3) is 11.1 Å². The Hall–Kier alpha value is -2.89. The summed E-state index contributed by atoms with van der Waals surface area (Å²) in [5.41, 5.74) is 9.84. The van der Waals surface area contributed by atoms with Gasteiger partial charge in [-0.15, -0.1) is 0 Å². The van der Waals surface area contributed by atoms with Crippen molar-refractivity contribution in [3.63, 3.8) is 0 Å². The van der Waals surface area contributed by atoms with Crippen LogP contribution < -0.4 is 10.5 Å². The van der Waals surface area contributed by atoms with Gasteiger partial charge in [-0.1, -0.05) is 6.07 Å². The molecule has 1 aliphatic carbocycles. The average molecular weight is 338 g/mol. The normalized spacial score (nSPS) is 16.9. The fourth-order valence-corrected chi connectivity index (χ4v) is 3.29. The molecule has 4 rings (SSSR count). The lowest BCUT2D eigenvalue weighted by Gasteiger charge is -2.21. The molecule has 1 unspecified atom stereocenters. The molecule has 0 radical (unpaired) electrons. The maximum atomic E-state index is 13.8. The molecule has 5 nitrogen and oxygen atoms in total. The number of halogens is 1. The number of aryl methyl sites for hydroxylation is 1. The SMILES string of the molecule is Nc1ncc(-c2cn[nH]c2)cc1OC1CCCCc2ccc(F)cc21. The molecule has 1 atom stereocenters. The van der Waals surface area contributed by atoms with E-state index in [9.17, 15) is 4.39 Å². The number of anilines is 1. The molecule has 1 aliphatic rings. The second-order valence-corrected chi connectivity index (χ2v) is 6.29. The van der Waals surface area contributed by atoms with Crippen LogP contribution in [0, 0.1) is 5.82 Å². The van der Waals surface area contributed by atoms with Crippen LogP contribution in [-0.4, -0.2) is 15.2 Å². The highest BCUT2D eigenvalue weighted by Gasteiger charge is 2.22. The molecule has 2 heterocycles. The standard InChI is InChI=1S/C19H19FN4O/c20-15-6-5-12-3-1-2-4-17(16(12)8-15)25-18-7-13(9-22-19(18)21)14-10-23-24-11-14/h5-11,17H,1-4H2,(H2,21,22)(H,23,24). The Kier molecular flexibility index (Phi) is 4.09. The number of nitrogens with zero attached hydrogens (tertiary/aromatic N) is 2. The van der Waals surface area contributed by atoms with Crippen LogP contribution in [0.15, 0.2) is 42.9 Å². The molecule has 25 heavy (non-hydrogen) atoms. The topological polar surface area (TPSA) is 76.8 Å². The first-order valence-electron chi connectivity index (χ1n) is 8.40. The van der Waals surface area contributed by atoms with E-state index >= 15 is 0 Å². The van der Waals surface area contributed by atoms with E-state index in [0.29, 0.717) is 11.6 Å². The third-order valence-corrected chi connectivity index (χ3v) is 4.60. The highest BCUT2D eigenvalue weighted by atomic mass is 19.1. The predicted molar refractivity (Wildman–Crippen MR) is 93.6 cm³/mol. The molecule has 0 saturated heterocycles. The molecule has 3 N–H and O–H groups in total. The Morgan fingerprint density at radius 2 is 2.08 bits per heavy atom. The Labute approximate surface area is 145 Å². The highest BCUT2D eigenvalue weighted by Crippen LogP contribution is 2.36. The third kappa shape index (κ3) is 3.20. The first-order valence-corrected chi connectivity index (χ1v) is 8.40. The van der Waals surface area contributed by atoms with Gasteiger partial charge in [-0.3, -0.25) is 5.10 Å². The summed E-state index contributed by atoms with van der Waals surface area (Å²) in [6.45, 7) is 0. The van der Waals surface area contributed by atoms with Gasteiger partial charge in [0.2, 0.25) is 0 Å². The van der Waals surface area contributed by atoms with E-state index in [1.165, 1.54) is 6.07 Å². The lowest BCUT2D eigenvalue weighted by Crippen LogP contribution is -2.10. The molecule has 0 aliphatic heterocycles. The zero-order chi connectivity index (χ0) is 17.2. The quantitative estimate of drug-likeness (QED) is 0.707. The van der Waals surface area contributed by atoms with Crippen molar-refractivity contribution in [2.24, 2.45) is 0 Å². The van der Waals surface area contributed by atoms with Crippen LogP contribution in [0.5, 0.6) is 5.75 Å². The maximum absolute atomic E-state index is 13.8. The molecule has 3 aromatic rings. The molecule has 6 heteroatoms. The summed E-state index contributed by atoms with van der Waals surface area (Å²) in [6, 6.07) is 6.80. The number of benzene rings is 1. The number of nitrogens with one attached hydrogen (secondary N) is 1. The molecular formula is C19H19FN4O. The zero-order valence-corrected chi connectivity index (χ0v) is 13.7. The lowest BCUT2D eigenvalue weighted by atomic mass is 10.0. The minimum Gasteiger partial charge on any atom is -0.482 e. The second-order valence-electron chi connectivity index (χ2n) is 6.29. The number of H-pyrrole nitrogens is 1. The van der Waals surface area contributed by atoms with Crippen molar-refractivity contribution in [3.8, 4) is 16.9 Å². The van der Waals surface area contributed by atoms with Gasteiger partial charge in [0, 0.05) is 23.5 Å². The zero-order valence-electron chi connectivity index (χ0n) is 13.7. The monoisotopic (exact) mass is 338 g/mol. The molecule has 0 spiro atoms. The van der Waals surface area contributed by atoms with Crippen molar-refractivity contribution in [2.45, 2.75) is 31.8 Å². The number of ether oxygens (including phenoxy) is 1. The largest absolute Gasteiger partial charge is 0.482 e. The van der Waals surface area contributed by atoms with Crippen molar-refractivity contribution in [1.29, 1.82) is 0 Å². The van der Waals surface area contributed by atoms with E-state index in [2.05, 4.69) is 15.2 Å². The van der Waals surface area contributed by atoms with Crippen molar-refractivity contribution >= 4 is 5.82 Å². The summed E-state index contributed by atoms with van der Waals surface area (Å²) < 4.78 is 20.0. The first kappa shape index (κ1) is 15.6. The van der Waals surface area contributed by atoms with E-state index in [1.54, 1.807) is 24.7 Å². The van der Waals surface area contributed by atoms with Gasteiger partial charge in [0.05, 0.1) is 6.20 Å². The van der Waals surface area contributed by atoms with Crippen molar-refractivity contribution in [2.75, 3.05) is 5.73 Å². The lowest BCUT2D eigenvalue weighted by molar-refractivity contribution is 0.194. The maximum Gasteiger partial charge on any atom is 0.166 e. The van der Waals surface area contributed by atoms with E-state index in [1.807, 2.05) is 12.1 Å². The fraction of sp³-hybridized carbons (Fsp3) is 0.263. The summed E-state index contributed by atoms with van der Waals surface area (Å²) in [4.78, 5) is 4.23. The summed E-state index contributed by atoms with van der Waals surface area (Å²) in [5.74, 6) is 0.600. The smallest absolute Gasteiger partial charge is 0.166 e. The Bertz CT molecular complexity index is 879. The molecule has 0 bridgehead atoms. The van der Waals surface area contributed by atoms with Gasteiger partial charge in [-0.05, 0) is 55.0 Å². The number of hydrogen-bond acceptors (Lipinski definition) is 4. The van der Waals surface area contributed by atoms with Crippen LogP contribution in [0.4, 0.5) is 10.2 Å². The summed E-state index contributed by atoms with van der Waals surface area (Å²) in [5, 5.41) is 6.73. The van der Waals surface area contributed by atoms with Crippen LogP contribution >= 0.6 is 0 Å². The van der Waals surface area contributed by atoms with Crippen LogP contribution in [0.2, 0.25) is 0 Å². The number of aromatic amines is 1. The molecule has 0 amide bonds. The van der Waals surface area contributed by atoms with Crippen LogP contribution in [0.1, 0.15) is 36.5 Å². The third-order valence-electron chi connectivity index (χ3n) is 4.60. The molecule has 1 aromatic carbocycles. The summed E-state index contributed by atoms with van der Waals surface area (Å²) >= 11 is 0. The average Bonchev–Trinajstić information content (AvgIpc) is 3.08. The van der Waals surface area contributed by atoms with Gasteiger partial charge in [-0.2, -0.15) is 5.10 Å². The van der Waals surface area contributed by atoms with Crippen LogP contribution in [0.3, 0.4) is 0 Å². The van der Waals surface area contributed by atoms with Gasteiger partial charge in [0.1, 0.15) is 11.9 Å². The van der Waals surface area contributed by atoms with E-state index in [0.717, 1.165) is 47.9 Å². The number of fused-ring (bicyclic) bond motifs is 1. The number of nitrogen functional groups attached to an aromatic ring is 1. The van der Waals surface area contributed by atoms with Gasteiger partial charge < -0.3 is 10.5 Å². The second kappa shape index (κ2) is 6.55. The Morgan fingerprint density at radius 3 is 2.92 bits per heavy atom. The first-order chi connectivity index (χ1) is 12.2. The molecule has 0 fully saturated rings. The van der Waals surface area contributed by atoms with E-state index < -0.39 is 0 Å². The minimum atomic E-state index is -0.243. The van der Waals surface area contributed by atoms with Gasteiger partial charge in [-0.25, -0.2) is 9.37 Å². The number of hydrogen-bond donors (Lipinski definition) is 2. The van der Waals surface area contributed by atoms with Gasteiger partial charge in [0.15, 0.2) is 11.6 Å². The fourth-order valence-electron chi connectivity index (χ4n) is 3.29. The van der Waals surface area contributed by atoms with Crippen molar-refractivity contribution < 1.29 is 9.13 Å². The molecule has 0 saturated carbocycles. The molecule has 128 valence electrons. The number of nitrogens with two attached hydrogens (primary N) is 1. The summed E-state index contributed by atoms with van der Waals surface area (Å²) in [6.07, 6.45) is 8.83. The minimum absolute atomic E-state index is 0.225. The van der Waals surface area contributed by atoms with E-state index in [-0.39, 0.29) is 11.9 Å². The molecule has 2 aromatic heterocycles. The van der Waals surface area contributed by atoms with E-state index in [4.69, 9.17) is 10.5 Å². The number of aromatic nitrogens is 3. The van der Waals surface area contributed by atoms with Crippen LogP contribution in [-0.2, 0) is 6.42 Å². The Balaban J connectivity index is 1.68. The predicted octanol–water partition coefficient (Wildman–Crippen LogP) is 4.04. The Morgan fingerprint density at radius 1 is 1.16 bits per heavy atom. The van der Waals surface area contributed by atoms with Crippen molar-refractivity contribution in [1.82, 2.24) is 15.2 Å². The van der Waals surface area contributed by atoms with Crippen molar-refractivity contribution in [3.05, 3.63) is 59.8 Å².